The maximum Gasteiger partial charge on any atom is 0.337 e. The van der Waals surface area contributed by atoms with Gasteiger partial charge in [0.2, 0.25) is 0 Å². The van der Waals surface area contributed by atoms with Gasteiger partial charge < -0.3 is 33.2 Å². The van der Waals surface area contributed by atoms with E-state index in [1.807, 2.05) is 0 Å². The second-order valence-corrected chi connectivity index (χ2v) is 10.6. The van der Waals surface area contributed by atoms with Gasteiger partial charge in [-0.2, -0.15) is 0 Å². The quantitative estimate of drug-likeness (QED) is 0.0584. The summed E-state index contributed by atoms with van der Waals surface area (Å²) in [6.07, 6.45) is 0.473. The third kappa shape index (κ3) is 12.1. The van der Waals surface area contributed by atoms with Gasteiger partial charge in [0.05, 0.1) is 53.4 Å². The second-order valence-electron chi connectivity index (χ2n) is 8.30. The Morgan fingerprint density at radius 2 is 1.09 bits per heavy atom. The maximum absolute atomic E-state index is 12.5. The number of methoxy groups -OCH3 is 1. The van der Waals surface area contributed by atoms with Gasteiger partial charge in [0, 0.05) is 12.2 Å². The molecule has 0 spiro atoms. The summed E-state index contributed by atoms with van der Waals surface area (Å²) in [5.74, 6) is -5.41. The van der Waals surface area contributed by atoms with Gasteiger partial charge in [0.15, 0.2) is 0 Å². The largest absolute Gasteiger partial charge is 0.474 e. The van der Waals surface area contributed by atoms with E-state index < -0.39 is 41.8 Å². The van der Waals surface area contributed by atoms with Crippen molar-refractivity contribution in [1.82, 2.24) is 0 Å². The van der Waals surface area contributed by atoms with Crippen LogP contribution in [0.15, 0.2) is 57.2 Å². The molecular weight excluding hydrogens is 650 g/mol. The zero-order valence-electron chi connectivity index (χ0n) is 24.4. The summed E-state index contributed by atoms with van der Waals surface area (Å²) in [7, 11) is 1.10. The lowest BCUT2D eigenvalue weighted by Gasteiger charge is -2.12. The minimum Gasteiger partial charge on any atom is -0.474 e. The third-order valence-corrected chi connectivity index (χ3v) is 7.75. The van der Waals surface area contributed by atoms with Crippen LogP contribution in [0.4, 0.5) is 0 Å². The van der Waals surface area contributed by atoms with Gasteiger partial charge in [-0.05, 0) is 12.1 Å². The Labute approximate surface area is 271 Å². The molecule has 0 aromatic heterocycles. The summed E-state index contributed by atoms with van der Waals surface area (Å²) in [5.41, 5.74) is -0.355. The molecule has 1 aliphatic heterocycles. The number of nitrogens with zero attached hydrogens (tertiary/aromatic N) is 1. The van der Waals surface area contributed by atoms with Crippen molar-refractivity contribution in [1.29, 1.82) is 0 Å². The highest BCUT2D eigenvalue weighted by Gasteiger charge is 2.32. The lowest BCUT2D eigenvalue weighted by molar-refractivity contribution is -0.151. The van der Waals surface area contributed by atoms with Gasteiger partial charge >= 0.3 is 41.8 Å². The molecule has 0 bridgehead atoms. The molecule has 1 heterocycles. The van der Waals surface area contributed by atoms with Gasteiger partial charge in [0.1, 0.15) is 37.9 Å². The van der Waals surface area contributed by atoms with E-state index in [0.717, 1.165) is 42.8 Å². The fraction of sp³-hybridized carbons (Fsp3) is 0.310. The molecule has 0 radical (unpaired) electrons. The van der Waals surface area contributed by atoms with Gasteiger partial charge in [-0.15, -0.1) is 0 Å². The Bertz CT molecular complexity index is 1390. The molecule has 244 valence electrons. The lowest BCUT2D eigenvalue weighted by Crippen LogP contribution is -2.16. The molecule has 0 saturated heterocycles. The number of benzene rings is 1. The first-order chi connectivity index (χ1) is 22.0. The first-order valence-electron chi connectivity index (χ1n) is 13.1. The van der Waals surface area contributed by atoms with E-state index in [9.17, 15) is 33.6 Å². The van der Waals surface area contributed by atoms with Crippen molar-refractivity contribution >= 4 is 65.3 Å². The number of thioether (sulfide) groups is 2. The molecule has 1 aromatic carbocycles. The van der Waals surface area contributed by atoms with Crippen LogP contribution >= 0.6 is 23.5 Å². The summed E-state index contributed by atoms with van der Waals surface area (Å²) in [4.78, 5) is 86.8. The fourth-order valence-corrected chi connectivity index (χ4v) is 5.61. The van der Waals surface area contributed by atoms with Gasteiger partial charge in [-0.3, -0.25) is 24.0 Å². The van der Waals surface area contributed by atoms with Crippen LogP contribution in [0.25, 0.3) is 4.85 Å². The second kappa shape index (κ2) is 19.3. The zero-order valence-corrected chi connectivity index (χ0v) is 26.0. The maximum atomic E-state index is 12.5. The summed E-state index contributed by atoms with van der Waals surface area (Å²) >= 11 is 1.80. The average Bonchev–Trinajstić information content (AvgIpc) is 3.50. The Balaban J connectivity index is 2.08. The van der Waals surface area contributed by atoms with Crippen molar-refractivity contribution in [2.45, 2.75) is 35.5 Å². The predicted molar refractivity (Wildman–Crippen MR) is 158 cm³/mol. The monoisotopic (exact) mass is 677 g/mol. The lowest BCUT2D eigenvalue weighted by atomic mass is 10.3. The minimum absolute atomic E-state index is 0.00747. The predicted octanol–water partition coefficient (Wildman–Crippen LogP) is 3.06. The molecule has 0 unspecified atom stereocenters. The van der Waals surface area contributed by atoms with Crippen LogP contribution in [0.1, 0.15) is 25.7 Å². The molecule has 1 aliphatic rings. The molecule has 0 N–H and O–H groups in total. The molecule has 15 nitrogen and oxygen atoms in total. The van der Waals surface area contributed by atoms with E-state index in [1.54, 1.807) is 0 Å². The van der Waals surface area contributed by atoms with Crippen molar-refractivity contribution in [3.8, 4) is 11.5 Å². The van der Waals surface area contributed by atoms with Gasteiger partial charge in [-0.1, -0.05) is 36.7 Å². The first kappa shape index (κ1) is 37.1. The van der Waals surface area contributed by atoms with Crippen LogP contribution in [0.3, 0.4) is 0 Å². The molecule has 0 saturated carbocycles. The number of ether oxygens (including phenoxy) is 7. The van der Waals surface area contributed by atoms with E-state index in [-0.39, 0.29) is 83.3 Å². The van der Waals surface area contributed by atoms with Crippen molar-refractivity contribution in [3.05, 3.63) is 58.8 Å². The molecule has 46 heavy (non-hydrogen) atoms. The Hall–Kier alpha value is -5.08. The van der Waals surface area contributed by atoms with Crippen molar-refractivity contribution in [3.63, 3.8) is 0 Å². The van der Waals surface area contributed by atoms with Crippen LogP contribution in [0, 0.1) is 6.57 Å². The molecule has 0 aliphatic carbocycles. The first-order valence-corrected chi connectivity index (χ1v) is 14.7. The zero-order chi connectivity index (χ0) is 34.1. The summed E-state index contributed by atoms with van der Waals surface area (Å²) in [5, 5.41) is 0. The van der Waals surface area contributed by atoms with Gasteiger partial charge in [0.25, 0.3) is 5.70 Å². The summed E-state index contributed by atoms with van der Waals surface area (Å²) in [6, 6.07) is 2.63. The summed E-state index contributed by atoms with van der Waals surface area (Å²) < 4.78 is 34.8. The van der Waals surface area contributed by atoms with Crippen molar-refractivity contribution in [2.24, 2.45) is 0 Å². The summed E-state index contributed by atoms with van der Waals surface area (Å²) in [6.45, 7) is 13.0. The fourth-order valence-electron chi connectivity index (χ4n) is 3.07. The highest BCUT2D eigenvalue weighted by Crippen LogP contribution is 2.59. The van der Waals surface area contributed by atoms with E-state index in [0.29, 0.717) is 0 Å². The molecule has 17 heteroatoms. The number of hydrogen-bond donors (Lipinski definition) is 0. The van der Waals surface area contributed by atoms with Gasteiger partial charge in [-0.25, -0.2) is 14.4 Å². The van der Waals surface area contributed by atoms with Crippen LogP contribution in [-0.2, 0) is 57.2 Å². The number of esters is 7. The Morgan fingerprint density at radius 1 is 0.696 bits per heavy atom. The number of carbonyl (C=O) groups excluding carboxylic acids is 7. The van der Waals surface area contributed by atoms with E-state index in [4.69, 9.17) is 25.5 Å². The van der Waals surface area contributed by atoms with Crippen molar-refractivity contribution in [2.75, 3.05) is 33.5 Å². The Kier molecular flexibility index (Phi) is 15.6. The van der Waals surface area contributed by atoms with E-state index in [1.165, 1.54) is 12.1 Å². The van der Waals surface area contributed by atoms with E-state index >= 15 is 0 Å². The minimum atomic E-state index is -0.912. The highest BCUT2D eigenvalue weighted by molar-refractivity contribution is 8.24. The number of carbonyl (C=O) groups is 7. The third-order valence-electron chi connectivity index (χ3n) is 5.14. The smallest absolute Gasteiger partial charge is 0.337 e. The van der Waals surface area contributed by atoms with Crippen LogP contribution in [0.5, 0.6) is 11.5 Å². The SMILES string of the molecule is [C-]#[N+]C(C(=O)OC)=C1Sc2c(OC(=O)CCC(=O)OCCOC(=O)C=C)ccc(OC(=O)CCC(=O)OCCOC(=O)C=C)c2S1. The molecule has 0 atom stereocenters. The number of rotatable bonds is 17. The average molecular weight is 678 g/mol. The number of fused-ring (bicyclic) bond motifs is 1. The standard InChI is InChI=1S/C29H27NO14S2/c1-5-19(31)39-13-15-41-21(33)9-11-23(35)43-17-7-8-18(27-26(17)45-29(46-27)25(30-3)28(37)38-4)44-24(36)12-10-22(34)42-16-14-40-20(32)6-2/h5-8H,1-2,9-16H2,4H3. The van der Waals surface area contributed by atoms with Crippen LogP contribution in [0.2, 0.25) is 0 Å². The molecule has 2 rings (SSSR count). The molecule has 1 aromatic rings. The molecule has 0 fully saturated rings. The molecular formula is C29H27NO14S2. The highest BCUT2D eigenvalue weighted by atomic mass is 32.2. The molecule has 0 amide bonds. The normalized spacial score (nSPS) is 11.1. The van der Waals surface area contributed by atoms with E-state index in [2.05, 4.69) is 32.2 Å². The van der Waals surface area contributed by atoms with Crippen molar-refractivity contribution < 1.29 is 66.7 Å². The Morgan fingerprint density at radius 3 is 1.46 bits per heavy atom. The number of hydrogen-bond acceptors (Lipinski definition) is 16. The van der Waals surface area contributed by atoms with Crippen LogP contribution in [-0.4, -0.2) is 75.3 Å². The topological polar surface area (TPSA) is 188 Å². The van der Waals surface area contributed by atoms with Crippen LogP contribution < -0.4 is 9.47 Å².